The van der Waals surface area contributed by atoms with Crippen LogP contribution in [0.15, 0.2) is 23.8 Å². The average Bonchev–Trinajstić information content (AvgIpc) is 3.01. The number of rotatable bonds is 3. The summed E-state index contributed by atoms with van der Waals surface area (Å²) in [5, 5.41) is 8.99. The summed E-state index contributed by atoms with van der Waals surface area (Å²) in [4.78, 5) is 23.2. The number of aromatic nitrogens is 2. The predicted octanol–water partition coefficient (Wildman–Crippen LogP) is 2.54. The molecule has 0 amide bonds. The van der Waals surface area contributed by atoms with E-state index in [2.05, 4.69) is 20.9 Å². The fourth-order valence-corrected chi connectivity index (χ4v) is 3.29. The van der Waals surface area contributed by atoms with E-state index in [1.54, 1.807) is 30.8 Å². The van der Waals surface area contributed by atoms with Gasteiger partial charge in [0.2, 0.25) is 0 Å². The molecule has 23 heavy (non-hydrogen) atoms. The van der Waals surface area contributed by atoms with E-state index in [9.17, 15) is 4.79 Å². The zero-order chi connectivity index (χ0) is 16.2. The average molecular weight is 328 g/mol. The summed E-state index contributed by atoms with van der Waals surface area (Å²) in [5.41, 5.74) is 2.93. The molecule has 0 spiro atoms. The third kappa shape index (κ3) is 3.48. The summed E-state index contributed by atoms with van der Waals surface area (Å²) in [7, 11) is 0. The second-order valence-corrected chi connectivity index (χ2v) is 6.25. The fraction of sp³-hybridized carbons (Fsp3) is 0.375. The second-order valence-electron chi connectivity index (χ2n) is 5.40. The lowest BCUT2D eigenvalue weighted by Crippen LogP contribution is -2.41. The van der Waals surface area contributed by atoms with Gasteiger partial charge in [-0.15, -0.1) is 11.3 Å². The van der Waals surface area contributed by atoms with Crippen LogP contribution in [-0.2, 0) is 4.74 Å². The lowest BCUT2D eigenvalue weighted by Gasteiger charge is -2.33. The van der Waals surface area contributed by atoms with Gasteiger partial charge >= 0.3 is 5.97 Å². The normalized spacial score (nSPS) is 17.6. The summed E-state index contributed by atoms with van der Waals surface area (Å²) in [5.74, 6) is 0.439. The zero-order valence-corrected chi connectivity index (χ0v) is 13.5. The standard InChI is InChI=1S/C16H16N4O2S/c1-11-15(23-10-19-11)16(21)22-13-3-2-6-20(9-13)14-7-12(8-17)4-5-18-14/h4-5,7,10,13H,2-3,6,9H2,1H3. The molecule has 3 rings (SSSR count). The monoisotopic (exact) mass is 328 g/mol. The van der Waals surface area contributed by atoms with Crippen LogP contribution in [0.2, 0.25) is 0 Å². The summed E-state index contributed by atoms with van der Waals surface area (Å²) in [6.45, 7) is 3.23. The van der Waals surface area contributed by atoms with E-state index in [-0.39, 0.29) is 12.1 Å². The zero-order valence-electron chi connectivity index (χ0n) is 12.7. The Morgan fingerprint density at radius 1 is 1.52 bits per heavy atom. The van der Waals surface area contributed by atoms with Crippen LogP contribution in [-0.4, -0.2) is 35.1 Å². The van der Waals surface area contributed by atoms with Gasteiger partial charge in [-0.1, -0.05) is 0 Å². The maximum absolute atomic E-state index is 12.2. The number of hydrogen-bond donors (Lipinski definition) is 0. The Hall–Kier alpha value is -2.46. The van der Waals surface area contributed by atoms with Crippen LogP contribution in [0.25, 0.3) is 0 Å². The summed E-state index contributed by atoms with van der Waals surface area (Å²) in [6.07, 6.45) is 3.20. The first-order valence-corrected chi connectivity index (χ1v) is 8.27. The summed E-state index contributed by atoms with van der Waals surface area (Å²) in [6, 6.07) is 5.56. The largest absolute Gasteiger partial charge is 0.456 e. The third-order valence-electron chi connectivity index (χ3n) is 3.78. The van der Waals surface area contributed by atoms with Crippen LogP contribution in [0.3, 0.4) is 0 Å². The van der Waals surface area contributed by atoms with Gasteiger partial charge in [0.1, 0.15) is 16.8 Å². The number of thiazole rings is 1. The van der Waals surface area contributed by atoms with Gasteiger partial charge in [-0.3, -0.25) is 0 Å². The number of nitrogens with zero attached hydrogens (tertiary/aromatic N) is 4. The van der Waals surface area contributed by atoms with Gasteiger partial charge in [0.15, 0.2) is 0 Å². The molecule has 0 N–H and O–H groups in total. The van der Waals surface area contributed by atoms with Crippen molar-refractivity contribution in [2.24, 2.45) is 0 Å². The first-order chi connectivity index (χ1) is 11.2. The SMILES string of the molecule is Cc1ncsc1C(=O)OC1CCCN(c2cc(C#N)ccn2)C1. The molecule has 0 bridgehead atoms. The highest BCUT2D eigenvalue weighted by Crippen LogP contribution is 2.22. The first-order valence-electron chi connectivity index (χ1n) is 7.39. The second kappa shape index (κ2) is 6.75. The van der Waals surface area contributed by atoms with Crippen LogP contribution in [0, 0.1) is 18.3 Å². The molecule has 2 aromatic rings. The minimum absolute atomic E-state index is 0.176. The lowest BCUT2D eigenvalue weighted by molar-refractivity contribution is 0.0274. The maximum Gasteiger partial charge on any atom is 0.350 e. The molecule has 6 nitrogen and oxygen atoms in total. The number of piperidine rings is 1. The van der Waals surface area contributed by atoms with E-state index in [1.165, 1.54) is 11.3 Å². The van der Waals surface area contributed by atoms with Gasteiger partial charge in [-0.25, -0.2) is 14.8 Å². The Kier molecular flexibility index (Phi) is 4.53. The summed E-state index contributed by atoms with van der Waals surface area (Å²) < 4.78 is 5.62. The Balaban J connectivity index is 1.67. The third-order valence-corrected chi connectivity index (χ3v) is 4.69. The quantitative estimate of drug-likeness (QED) is 0.806. The molecule has 2 aromatic heterocycles. The van der Waals surface area contributed by atoms with Crippen molar-refractivity contribution in [1.82, 2.24) is 9.97 Å². The van der Waals surface area contributed by atoms with Crippen LogP contribution < -0.4 is 4.90 Å². The van der Waals surface area contributed by atoms with Crippen molar-refractivity contribution in [3.05, 3.63) is 40.0 Å². The molecule has 1 unspecified atom stereocenters. The number of ether oxygens (including phenoxy) is 1. The van der Waals surface area contributed by atoms with E-state index < -0.39 is 0 Å². The highest BCUT2D eigenvalue weighted by molar-refractivity contribution is 7.11. The lowest BCUT2D eigenvalue weighted by atomic mass is 10.1. The number of carbonyl (C=O) groups excluding carboxylic acids is 1. The van der Waals surface area contributed by atoms with Gasteiger partial charge in [0.05, 0.1) is 29.4 Å². The van der Waals surface area contributed by atoms with E-state index in [4.69, 9.17) is 10.00 Å². The van der Waals surface area contributed by atoms with Gasteiger partial charge in [-0.2, -0.15) is 5.26 Å². The number of hydrogen-bond acceptors (Lipinski definition) is 7. The van der Waals surface area contributed by atoms with Crippen molar-refractivity contribution in [1.29, 1.82) is 5.26 Å². The Labute approximate surface area is 138 Å². The van der Waals surface area contributed by atoms with Crippen molar-refractivity contribution in [2.75, 3.05) is 18.0 Å². The maximum atomic E-state index is 12.2. The molecular formula is C16H16N4O2S. The number of esters is 1. The molecule has 1 saturated heterocycles. The number of nitriles is 1. The fourth-order valence-electron chi connectivity index (χ4n) is 2.61. The predicted molar refractivity (Wildman–Crippen MR) is 86.5 cm³/mol. The minimum atomic E-state index is -0.310. The molecule has 0 saturated carbocycles. The van der Waals surface area contributed by atoms with Gasteiger partial charge < -0.3 is 9.64 Å². The summed E-state index contributed by atoms with van der Waals surface area (Å²) >= 11 is 1.30. The molecule has 1 atom stereocenters. The topological polar surface area (TPSA) is 79.1 Å². The molecule has 1 aliphatic heterocycles. The number of carbonyl (C=O) groups is 1. The molecule has 0 aromatic carbocycles. The van der Waals surface area contributed by atoms with Crippen LogP contribution in [0.1, 0.15) is 33.8 Å². The van der Waals surface area contributed by atoms with Crippen molar-refractivity contribution >= 4 is 23.1 Å². The van der Waals surface area contributed by atoms with Crippen LogP contribution in [0.4, 0.5) is 5.82 Å². The highest BCUT2D eigenvalue weighted by Gasteiger charge is 2.25. The molecule has 0 aliphatic carbocycles. The molecule has 1 fully saturated rings. The molecule has 3 heterocycles. The molecule has 118 valence electrons. The number of anilines is 1. The minimum Gasteiger partial charge on any atom is -0.456 e. The van der Waals surface area contributed by atoms with Gasteiger partial charge in [0.25, 0.3) is 0 Å². The van der Waals surface area contributed by atoms with E-state index in [0.29, 0.717) is 22.7 Å². The van der Waals surface area contributed by atoms with Crippen molar-refractivity contribution < 1.29 is 9.53 Å². The Bertz CT molecular complexity index is 753. The Morgan fingerprint density at radius 3 is 3.13 bits per heavy atom. The van der Waals surface area contributed by atoms with E-state index in [1.807, 2.05) is 0 Å². The van der Waals surface area contributed by atoms with Crippen molar-refractivity contribution in [2.45, 2.75) is 25.9 Å². The Morgan fingerprint density at radius 2 is 2.39 bits per heavy atom. The molecule has 7 heteroatoms. The smallest absolute Gasteiger partial charge is 0.350 e. The van der Waals surface area contributed by atoms with Gasteiger partial charge in [-0.05, 0) is 31.9 Å². The van der Waals surface area contributed by atoms with E-state index >= 15 is 0 Å². The molecule has 1 aliphatic rings. The van der Waals surface area contributed by atoms with E-state index in [0.717, 1.165) is 25.2 Å². The first kappa shape index (κ1) is 15.4. The van der Waals surface area contributed by atoms with Crippen LogP contribution in [0.5, 0.6) is 0 Å². The van der Waals surface area contributed by atoms with Crippen molar-refractivity contribution in [3.63, 3.8) is 0 Å². The molecular weight excluding hydrogens is 312 g/mol. The van der Waals surface area contributed by atoms with Crippen molar-refractivity contribution in [3.8, 4) is 6.07 Å². The molecule has 0 radical (unpaired) electrons. The van der Waals surface area contributed by atoms with Crippen LogP contribution >= 0.6 is 11.3 Å². The number of pyridine rings is 1. The van der Waals surface area contributed by atoms with Gasteiger partial charge in [0, 0.05) is 12.7 Å². The number of aryl methyl sites for hydroxylation is 1. The highest BCUT2D eigenvalue weighted by atomic mass is 32.1.